The number of carbonyl (C=O) groups is 1. The molecule has 1 unspecified atom stereocenters. The van der Waals surface area contributed by atoms with E-state index in [4.69, 9.17) is 21.1 Å². The summed E-state index contributed by atoms with van der Waals surface area (Å²) in [5.74, 6) is 1.46. The molecule has 25 heavy (non-hydrogen) atoms. The lowest BCUT2D eigenvalue weighted by Crippen LogP contribution is -2.42. The number of rotatable bonds is 5. The van der Waals surface area contributed by atoms with Crippen molar-refractivity contribution in [2.45, 2.75) is 38.8 Å². The maximum Gasteiger partial charge on any atom is 0.234 e. The van der Waals surface area contributed by atoms with Crippen LogP contribution in [0.1, 0.15) is 31.7 Å². The summed E-state index contributed by atoms with van der Waals surface area (Å²) in [6.07, 6.45) is 3.03. The third-order valence-electron chi connectivity index (χ3n) is 4.93. The van der Waals surface area contributed by atoms with Crippen LogP contribution < -0.4 is 10.1 Å². The minimum Gasteiger partial charge on any atom is -0.489 e. The molecule has 3 rings (SSSR count). The minimum absolute atomic E-state index is 0.0722. The van der Waals surface area contributed by atoms with Gasteiger partial charge in [0.1, 0.15) is 11.9 Å². The summed E-state index contributed by atoms with van der Waals surface area (Å²) in [5.41, 5.74) is 1.08. The fraction of sp³-hybridized carbons (Fsp3) is 0.632. The van der Waals surface area contributed by atoms with Crippen LogP contribution in [0.2, 0.25) is 5.02 Å². The molecular weight excluding hydrogens is 340 g/mol. The first-order chi connectivity index (χ1) is 12.1. The number of halogens is 1. The molecule has 1 aromatic rings. The second-order valence-electron chi connectivity index (χ2n) is 6.93. The number of fused-ring (bicyclic) bond motifs is 1. The molecule has 0 aromatic heterocycles. The molecule has 5 nitrogen and oxygen atoms in total. The smallest absolute Gasteiger partial charge is 0.234 e. The third-order valence-corrected chi connectivity index (χ3v) is 5.17. The number of benzene rings is 1. The first kappa shape index (κ1) is 18.5. The van der Waals surface area contributed by atoms with Gasteiger partial charge in [-0.05, 0) is 37.3 Å². The molecule has 6 heteroatoms. The number of amides is 1. The van der Waals surface area contributed by atoms with Gasteiger partial charge in [-0.25, -0.2) is 0 Å². The van der Waals surface area contributed by atoms with Gasteiger partial charge in [-0.15, -0.1) is 0 Å². The molecule has 2 aliphatic heterocycles. The molecule has 0 spiro atoms. The predicted octanol–water partition coefficient (Wildman–Crippen LogP) is 2.86. The molecule has 0 bridgehead atoms. The summed E-state index contributed by atoms with van der Waals surface area (Å²) in [6, 6.07) is 5.73. The highest BCUT2D eigenvalue weighted by molar-refractivity contribution is 6.30. The zero-order valence-electron chi connectivity index (χ0n) is 14.8. The van der Waals surface area contributed by atoms with Gasteiger partial charge < -0.3 is 14.8 Å². The van der Waals surface area contributed by atoms with Crippen LogP contribution in [0.3, 0.4) is 0 Å². The maximum absolute atomic E-state index is 12.4. The molecule has 0 aliphatic carbocycles. The number of hydrogen-bond donors (Lipinski definition) is 1. The standard InChI is InChI=1S/C19H27ClN2O3/c1-2-17-12-22(11-15-3-4-16(20)9-18(15)25-17)13-19(23)21-10-14-5-7-24-8-6-14/h3-4,9,14,17H,2,5-8,10-13H2,1H3,(H,21,23). The fourth-order valence-electron chi connectivity index (χ4n) is 3.38. The first-order valence-electron chi connectivity index (χ1n) is 9.16. The summed E-state index contributed by atoms with van der Waals surface area (Å²) in [6.45, 7) is 6.30. The quantitative estimate of drug-likeness (QED) is 0.870. The van der Waals surface area contributed by atoms with Crippen LogP contribution in [-0.4, -0.2) is 49.8 Å². The Kier molecular flexibility index (Phi) is 6.57. The molecule has 0 saturated carbocycles. The lowest BCUT2D eigenvalue weighted by molar-refractivity contribution is -0.122. The Morgan fingerprint density at radius 3 is 2.92 bits per heavy atom. The van der Waals surface area contributed by atoms with E-state index in [9.17, 15) is 4.79 Å². The van der Waals surface area contributed by atoms with Gasteiger partial charge in [0.15, 0.2) is 0 Å². The molecule has 1 N–H and O–H groups in total. The molecule has 1 fully saturated rings. The van der Waals surface area contributed by atoms with E-state index in [1.54, 1.807) is 0 Å². The average Bonchev–Trinajstić information content (AvgIpc) is 2.79. The lowest BCUT2D eigenvalue weighted by atomic mass is 10.0. The lowest BCUT2D eigenvalue weighted by Gasteiger charge is -2.24. The van der Waals surface area contributed by atoms with E-state index in [1.165, 1.54) is 0 Å². The van der Waals surface area contributed by atoms with Crippen LogP contribution in [-0.2, 0) is 16.1 Å². The van der Waals surface area contributed by atoms with E-state index in [2.05, 4.69) is 17.1 Å². The Labute approximate surface area is 154 Å². The summed E-state index contributed by atoms with van der Waals surface area (Å²) in [5, 5.41) is 3.77. The number of ether oxygens (including phenoxy) is 2. The molecule has 1 atom stereocenters. The number of nitrogens with zero attached hydrogens (tertiary/aromatic N) is 1. The van der Waals surface area contributed by atoms with Crippen LogP contribution in [0.15, 0.2) is 18.2 Å². The molecule has 1 amide bonds. The van der Waals surface area contributed by atoms with Crippen molar-refractivity contribution in [2.75, 3.05) is 32.8 Å². The Balaban J connectivity index is 1.57. The van der Waals surface area contributed by atoms with Gasteiger partial charge in [-0.1, -0.05) is 24.6 Å². The van der Waals surface area contributed by atoms with Crippen molar-refractivity contribution < 1.29 is 14.3 Å². The molecule has 2 heterocycles. The van der Waals surface area contributed by atoms with Crippen LogP contribution in [0, 0.1) is 5.92 Å². The molecule has 1 aromatic carbocycles. The van der Waals surface area contributed by atoms with Gasteiger partial charge in [0.2, 0.25) is 5.91 Å². The van der Waals surface area contributed by atoms with E-state index >= 15 is 0 Å². The van der Waals surface area contributed by atoms with Crippen molar-refractivity contribution in [3.05, 3.63) is 28.8 Å². The van der Waals surface area contributed by atoms with Crippen LogP contribution in [0.25, 0.3) is 0 Å². The van der Waals surface area contributed by atoms with Gasteiger partial charge >= 0.3 is 0 Å². The normalized spacial score (nSPS) is 21.9. The largest absolute Gasteiger partial charge is 0.489 e. The molecule has 0 radical (unpaired) electrons. The van der Waals surface area contributed by atoms with Crippen molar-refractivity contribution in [3.63, 3.8) is 0 Å². The van der Waals surface area contributed by atoms with E-state index < -0.39 is 0 Å². The van der Waals surface area contributed by atoms with Gasteiger partial charge in [0.25, 0.3) is 0 Å². The first-order valence-corrected chi connectivity index (χ1v) is 9.53. The second kappa shape index (κ2) is 8.88. The van der Waals surface area contributed by atoms with E-state index in [0.29, 0.717) is 24.0 Å². The molecular formula is C19H27ClN2O3. The topological polar surface area (TPSA) is 50.8 Å². The maximum atomic E-state index is 12.4. The van der Waals surface area contributed by atoms with Crippen molar-refractivity contribution in [3.8, 4) is 5.75 Å². The summed E-state index contributed by atoms with van der Waals surface area (Å²) in [4.78, 5) is 14.5. The highest BCUT2D eigenvalue weighted by Crippen LogP contribution is 2.29. The third kappa shape index (κ3) is 5.33. The molecule has 1 saturated heterocycles. The number of nitrogens with one attached hydrogen (secondary N) is 1. The molecule has 2 aliphatic rings. The molecule has 138 valence electrons. The van der Waals surface area contributed by atoms with Crippen molar-refractivity contribution in [1.82, 2.24) is 10.2 Å². The van der Waals surface area contributed by atoms with E-state index in [1.807, 2.05) is 18.2 Å². The number of carbonyl (C=O) groups excluding carboxylic acids is 1. The van der Waals surface area contributed by atoms with Gasteiger partial charge in [-0.3, -0.25) is 9.69 Å². The Morgan fingerprint density at radius 2 is 2.16 bits per heavy atom. The Hall–Kier alpha value is -1.30. The fourth-order valence-corrected chi connectivity index (χ4v) is 3.54. The van der Waals surface area contributed by atoms with Crippen LogP contribution in [0.4, 0.5) is 0 Å². The highest BCUT2D eigenvalue weighted by Gasteiger charge is 2.24. The minimum atomic E-state index is 0.0722. The van der Waals surface area contributed by atoms with Crippen LogP contribution >= 0.6 is 11.6 Å². The zero-order chi connectivity index (χ0) is 17.6. The predicted molar refractivity (Wildman–Crippen MR) is 98.0 cm³/mol. The Bertz CT molecular complexity index is 590. The van der Waals surface area contributed by atoms with Gasteiger partial charge in [0.05, 0.1) is 6.54 Å². The van der Waals surface area contributed by atoms with Crippen LogP contribution in [0.5, 0.6) is 5.75 Å². The Morgan fingerprint density at radius 1 is 1.36 bits per heavy atom. The summed E-state index contributed by atoms with van der Waals surface area (Å²) < 4.78 is 11.4. The van der Waals surface area contributed by atoms with Crippen molar-refractivity contribution >= 4 is 17.5 Å². The summed E-state index contributed by atoms with van der Waals surface area (Å²) >= 11 is 6.09. The van der Waals surface area contributed by atoms with Gasteiger partial charge in [0, 0.05) is 43.4 Å². The highest BCUT2D eigenvalue weighted by atomic mass is 35.5. The zero-order valence-corrected chi connectivity index (χ0v) is 15.6. The van der Waals surface area contributed by atoms with E-state index in [-0.39, 0.29) is 12.0 Å². The second-order valence-corrected chi connectivity index (χ2v) is 7.37. The summed E-state index contributed by atoms with van der Waals surface area (Å²) in [7, 11) is 0. The van der Waals surface area contributed by atoms with E-state index in [0.717, 1.165) is 56.9 Å². The van der Waals surface area contributed by atoms with Crippen molar-refractivity contribution in [1.29, 1.82) is 0 Å². The SMILES string of the molecule is CCC1CN(CC(=O)NCC2CCOCC2)Cc2ccc(Cl)cc2O1. The average molecular weight is 367 g/mol. The monoisotopic (exact) mass is 366 g/mol. The van der Waals surface area contributed by atoms with Gasteiger partial charge in [-0.2, -0.15) is 0 Å². The number of hydrogen-bond acceptors (Lipinski definition) is 4. The van der Waals surface area contributed by atoms with Crippen molar-refractivity contribution in [2.24, 2.45) is 5.92 Å².